The number of hydrogen-bond donors (Lipinski definition) is 0. The van der Waals surface area contributed by atoms with Crippen molar-refractivity contribution in [3.8, 4) is 11.5 Å². The summed E-state index contributed by atoms with van der Waals surface area (Å²) >= 11 is 7.05. The lowest BCUT2D eigenvalue weighted by molar-refractivity contribution is 0.135. The first-order chi connectivity index (χ1) is 14.0. The van der Waals surface area contributed by atoms with E-state index in [9.17, 15) is 8.78 Å². The lowest BCUT2D eigenvalue weighted by Crippen LogP contribution is -2.02. The average molecular weight is 439 g/mol. The van der Waals surface area contributed by atoms with Gasteiger partial charge in [-0.2, -0.15) is 9.78 Å². The minimum absolute atomic E-state index is 0.247. The first-order valence-electron chi connectivity index (χ1n) is 8.39. The summed E-state index contributed by atoms with van der Waals surface area (Å²) in [7, 11) is 1.56. The zero-order chi connectivity index (χ0) is 20.8. The average Bonchev–Trinajstić information content (AvgIpc) is 3.15. The Balaban J connectivity index is 1.82. The molecule has 1 heterocycles. The van der Waals surface area contributed by atoms with Crippen LogP contribution in [-0.2, 0) is 6.61 Å². The van der Waals surface area contributed by atoms with Crippen LogP contribution in [0.4, 0.5) is 8.78 Å². The molecule has 3 rings (SSSR count). The number of hydrogen-bond acceptors (Lipinski definition) is 6. The van der Waals surface area contributed by atoms with Gasteiger partial charge in [-0.1, -0.05) is 23.4 Å². The van der Waals surface area contributed by atoms with Crippen LogP contribution in [0.2, 0.25) is 5.02 Å². The van der Waals surface area contributed by atoms with Gasteiger partial charge in [-0.05, 0) is 54.3 Å². The van der Waals surface area contributed by atoms with Gasteiger partial charge in [0.1, 0.15) is 18.1 Å². The third-order valence-corrected chi connectivity index (χ3v) is 4.72. The Morgan fingerprint density at radius 3 is 2.62 bits per heavy atom. The highest BCUT2D eigenvalue weighted by molar-refractivity contribution is 7.98. The van der Waals surface area contributed by atoms with E-state index < -0.39 is 12.2 Å². The van der Waals surface area contributed by atoms with E-state index in [-0.39, 0.29) is 11.8 Å². The van der Waals surface area contributed by atoms with Crippen LogP contribution in [0.25, 0.3) is 0 Å². The van der Waals surface area contributed by atoms with E-state index in [0.717, 1.165) is 10.2 Å². The van der Waals surface area contributed by atoms with Crippen LogP contribution in [-0.4, -0.2) is 34.5 Å². The summed E-state index contributed by atoms with van der Waals surface area (Å²) in [4.78, 5) is 0. The zero-order valence-corrected chi connectivity index (χ0v) is 17.1. The second-order valence-corrected chi connectivity index (χ2v) is 6.93. The number of aromatic nitrogens is 3. The van der Waals surface area contributed by atoms with Crippen molar-refractivity contribution in [3.05, 3.63) is 64.4 Å². The molecule has 0 fully saturated rings. The summed E-state index contributed by atoms with van der Waals surface area (Å²) in [5, 5.41) is 12.2. The van der Waals surface area contributed by atoms with E-state index in [1.807, 2.05) is 6.07 Å². The Labute approximate surface area is 175 Å². The Bertz CT molecular complexity index is 996. The number of methoxy groups -OCH3 is 1. The van der Waals surface area contributed by atoms with Gasteiger partial charge < -0.3 is 9.47 Å². The van der Waals surface area contributed by atoms with Gasteiger partial charge >= 0.3 is 0 Å². The molecule has 0 N–H and O–H groups in total. The molecule has 152 valence electrons. The van der Waals surface area contributed by atoms with E-state index in [4.69, 9.17) is 21.1 Å². The van der Waals surface area contributed by atoms with E-state index >= 15 is 0 Å². The smallest absolute Gasteiger partial charge is 0.299 e. The molecule has 10 heteroatoms. The minimum Gasteiger partial charge on any atom is -0.496 e. The van der Waals surface area contributed by atoms with E-state index in [2.05, 4.69) is 15.3 Å². The molecular weight excluding hydrogens is 422 g/mol. The molecule has 0 radical (unpaired) electrons. The van der Waals surface area contributed by atoms with Gasteiger partial charge in [0.15, 0.2) is 0 Å². The molecule has 0 aliphatic heterocycles. The first kappa shape index (κ1) is 21.1. The maximum Gasteiger partial charge on any atom is 0.299 e. The highest BCUT2D eigenvalue weighted by Crippen LogP contribution is 2.24. The highest BCUT2D eigenvalue weighted by atomic mass is 35.5. The Morgan fingerprint density at radius 1 is 1.21 bits per heavy atom. The standard InChI is InChI=1S/C19H17ClF2N4O2S/c1-27-16-8-3-12(9-13(16)11-28-15-6-4-14(20)5-7-15)10-23-26-18(17(21)22)24-25-19(26)29-2/h3-10,17H,11H2,1-2H3/b23-10+. The molecule has 2 aromatic carbocycles. The molecule has 3 aromatic rings. The van der Waals surface area contributed by atoms with Crippen molar-refractivity contribution < 1.29 is 18.3 Å². The van der Waals surface area contributed by atoms with Crippen molar-refractivity contribution in [3.63, 3.8) is 0 Å². The zero-order valence-electron chi connectivity index (χ0n) is 15.6. The third kappa shape index (κ3) is 5.24. The fraction of sp³-hybridized carbons (Fsp3) is 0.211. The fourth-order valence-corrected chi connectivity index (χ4v) is 3.02. The molecule has 0 atom stereocenters. The topological polar surface area (TPSA) is 61.5 Å². The van der Waals surface area contributed by atoms with Crippen molar-refractivity contribution >= 4 is 29.6 Å². The molecule has 0 aliphatic rings. The summed E-state index contributed by atoms with van der Waals surface area (Å²) in [6.45, 7) is 0.247. The number of alkyl halides is 2. The fourth-order valence-electron chi connectivity index (χ4n) is 2.46. The molecule has 0 aliphatic carbocycles. The first-order valence-corrected chi connectivity index (χ1v) is 9.99. The molecule has 0 spiro atoms. The molecule has 0 bridgehead atoms. The Morgan fingerprint density at radius 2 is 1.97 bits per heavy atom. The van der Waals surface area contributed by atoms with Gasteiger partial charge in [-0.3, -0.25) is 0 Å². The number of thioether (sulfide) groups is 1. The van der Waals surface area contributed by atoms with Crippen LogP contribution in [0.3, 0.4) is 0 Å². The number of rotatable bonds is 8. The van der Waals surface area contributed by atoms with Gasteiger partial charge in [-0.25, -0.2) is 8.78 Å². The van der Waals surface area contributed by atoms with Crippen molar-refractivity contribution in [2.75, 3.05) is 13.4 Å². The third-order valence-electron chi connectivity index (χ3n) is 3.85. The summed E-state index contributed by atoms with van der Waals surface area (Å²) in [5.74, 6) is 0.787. The van der Waals surface area contributed by atoms with Crippen LogP contribution in [0.1, 0.15) is 23.4 Å². The predicted molar refractivity (Wildman–Crippen MR) is 109 cm³/mol. The van der Waals surface area contributed by atoms with Gasteiger partial charge in [-0.15, -0.1) is 10.2 Å². The molecule has 0 unspecified atom stereocenters. The van der Waals surface area contributed by atoms with E-state index in [1.54, 1.807) is 49.8 Å². The van der Waals surface area contributed by atoms with Crippen LogP contribution >= 0.6 is 23.4 Å². The van der Waals surface area contributed by atoms with Crippen molar-refractivity contribution in [1.82, 2.24) is 14.9 Å². The largest absolute Gasteiger partial charge is 0.496 e. The van der Waals surface area contributed by atoms with Crippen molar-refractivity contribution in [1.29, 1.82) is 0 Å². The van der Waals surface area contributed by atoms with Crippen LogP contribution in [0.15, 0.2) is 52.7 Å². The van der Waals surface area contributed by atoms with Gasteiger partial charge in [0.05, 0.1) is 13.3 Å². The minimum atomic E-state index is -2.78. The number of nitrogens with zero attached hydrogens (tertiary/aromatic N) is 4. The molecule has 6 nitrogen and oxygen atoms in total. The molecule has 0 saturated heterocycles. The summed E-state index contributed by atoms with van der Waals surface area (Å²) in [5.41, 5.74) is 1.45. The lowest BCUT2D eigenvalue weighted by Gasteiger charge is -2.11. The van der Waals surface area contributed by atoms with Crippen LogP contribution < -0.4 is 9.47 Å². The molecule has 0 amide bonds. The number of halogens is 3. The molecule has 1 aromatic heterocycles. The van der Waals surface area contributed by atoms with Crippen LogP contribution in [0, 0.1) is 0 Å². The lowest BCUT2D eigenvalue weighted by atomic mass is 10.1. The van der Waals surface area contributed by atoms with Crippen molar-refractivity contribution in [2.45, 2.75) is 18.2 Å². The number of ether oxygens (including phenoxy) is 2. The molecule has 29 heavy (non-hydrogen) atoms. The Hall–Kier alpha value is -2.65. The monoisotopic (exact) mass is 438 g/mol. The summed E-state index contributed by atoms with van der Waals surface area (Å²) in [6, 6.07) is 12.3. The predicted octanol–water partition coefficient (Wildman–Crippen LogP) is 5.06. The maximum absolute atomic E-state index is 13.1. The van der Waals surface area contributed by atoms with Gasteiger partial charge in [0.25, 0.3) is 6.43 Å². The normalized spacial score (nSPS) is 11.4. The second-order valence-electron chi connectivity index (χ2n) is 5.72. The quantitative estimate of drug-likeness (QED) is 0.363. The van der Waals surface area contributed by atoms with Gasteiger partial charge in [0, 0.05) is 10.6 Å². The van der Waals surface area contributed by atoms with Gasteiger partial charge in [0.2, 0.25) is 11.0 Å². The van der Waals surface area contributed by atoms with Crippen molar-refractivity contribution in [2.24, 2.45) is 5.10 Å². The Kier molecular flexibility index (Phi) is 7.05. The summed E-state index contributed by atoms with van der Waals surface area (Å²) in [6.07, 6.45) is 0.394. The van der Waals surface area contributed by atoms with Crippen LogP contribution in [0.5, 0.6) is 11.5 Å². The van der Waals surface area contributed by atoms with E-state index in [1.165, 1.54) is 18.0 Å². The molecular formula is C19H17ClF2N4O2S. The second kappa shape index (κ2) is 9.71. The number of benzene rings is 2. The molecule has 0 saturated carbocycles. The highest BCUT2D eigenvalue weighted by Gasteiger charge is 2.19. The van der Waals surface area contributed by atoms with E-state index in [0.29, 0.717) is 22.1 Å². The SMILES string of the molecule is COc1ccc(/C=N/n2c(SC)nnc2C(F)F)cc1COc1ccc(Cl)cc1. The summed E-state index contributed by atoms with van der Waals surface area (Å²) < 4.78 is 38.4. The maximum atomic E-state index is 13.1.